The molecule has 1 atom stereocenters. The summed E-state index contributed by atoms with van der Waals surface area (Å²) in [7, 11) is 0. The molecule has 0 saturated heterocycles. The van der Waals surface area contributed by atoms with Crippen LogP contribution in [-0.2, 0) is 0 Å². The zero-order chi connectivity index (χ0) is 13.8. The molecule has 0 saturated carbocycles. The summed E-state index contributed by atoms with van der Waals surface area (Å²) >= 11 is 3.33. The molecule has 0 radical (unpaired) electrons. The van der Waals surface area contributed by atoms with Gasteiger partial charge in [-0.05, 0) is 35.9 Å². The number of anilines is 1. The van der Waals surface area contributed by atoms with Gasteiger partial charge >= 0.3 is 0 Å². The maximum atomic E-state index is 13.2. The van der Waals surface area contributed by atoms with Crippen LogP contribution >= 0.6 is 15.9 Å². The monoisotopic (exact) mass is 327 g/mol. The molecule has 0 bridgehead atoms. The fourth-order valence-corrected chi connectivity index (χ4v) is 2.19. The van der Waals surface area contributed by atoms with Crippen molar-refractivity contribution in [2.45, 2.75) is 6.04 Å². The van der Waals surface area contributed by atoms with Gasteiger partial charge in [-0.15, -0.1) is 0 Å². The Hall–Kier alpha value is -1.46. The Morgan fingerprint density at radius 2 is 1.79 bits per heavy atom. The van der Waals surface area contributed by atoms with E-state index >= 15 is 0 Å². The summed E-state index contributed by atoms with van der Waals surface area (Å²) < 4.78 is 27.2. The minimum atomic E-state index is -0.663. The molecule has 19 heavy (non-hydrogen) atoms. The zero-order valence-electron chi connectivity index (χ0n) is 9.91. The van der Waals surface area contributed by atoms with Gasteiger partial charge in [0.05, 0.1) is 12.6 Å². The molecule has 0 spiro atoms. The second kappa shape index (κ2) is 6.12. The van der Waals surface area contributed by atoms with E-state index in [1.165, 1.54) is 12.1 Å². The lowest BCUT2D eigenvalue weighted by Gasteiger charge is -2.18. The van der Waals surface area contributed by atoms with Gasteiger partial charge in [-0.1, -0.05) is 22.0 Å². The Morgan fingerprint density at radius 1 is 1.11 bits per heavy atom. The molecule has 2 aromatic rings. The van der Waals surface area contributed by atoms with Gasteiger partial charge in [0.25, 0.3) is 0 Å². The van der Waals surface area contributed by atoms with E-state index in [1.807, 2.05) is 24.3 Å². The van der Waals surface area contributed by atoms with Crippen LogP contribution in [0.4, 0.5) is 14.5 Å². The van der Waals surface area contributed by atoms with Gasteiger partial charge in [0.15, 0.2) is 0 Å². The fourth-order valence-electron chi connectivity index (χ4n) is 1.79. The Kier molecular flexibility index (Phi) is 4.50. The third-order valence-electron chi connectivity index (χ3n) is 2.64. The topological polar surface area (TPSA) is 32.3 Å². The molecule has 0 aliphatic heterocycles. The molecule has 5 heteroatoms. The van der Waals surface area contributed by atoms with E-state index in [9.17, 15) is 13.9 Å². The first-order valence-electron chi connectivity index (χ1n) is 5.67. The SMILES string of the molecule is OCC(Nc1cccc(Br)c1)c1cc(F)cc(F)c1. The van der Waals surface area contributed by atoms with Crippen LogP contribution in [0.1, 0.15) is 11.6 Å². The van der Waals surface area contributed by atoms with Crippen LogP contribution in [0.15, 0.2) is 46.9 Å². The number of halogens is 3. The van der Waals surface area contributed by atoms with Crippen molar-refractivity contribution in [2.24, 2.45) is 0 Å². The molecular formula is C14H12BrF2NO. The summed E-state index contributed by atoms with van der Waals surface area (Å²) in [6.07, 6.45) is 0. The minimum Gasteiger partial charge on any atom is -0.394 e. The molecule has 0 aliphatic rings. The van der Waals surface area contributed by atoms with Crippen molar-refractivity contribution in [3.05, 3.63) is 64.1 Å². The zero-order valence-corrected chi connectivity index (χ0v) is 11.5. The molecule has 0 fully saturated rings. The van der Waals surface area contributed by atoms with Gasteiger partial charge in [0, 0.05) is 16.2 Å². The van der Waals surface area contributed by atoms with E-state index in [2.05, 4.69) is 21.2 Å². The van der Waals surface area contributed by atoms with Crippen LogP contribution < -0.4 is 5.32 Å². The molecule has 0 heterocycles. The quantitative estimate of drug-likeness (QED) is 0.893. The summed E-state index contributed by atoms with van der Waals surface area (Å²) in [5.74, 6) is -1.33. The standard InChI is InChI=1S/C14H12BrF2NO/c15-10-2-1-3-13(6-10)18-14(8-19)9-4-11(16)7-12(17)5-9/h1-7,14,18-19H,8H2. The van der Waals surface area contributed by atoms with E-state index in [1.54, 1.807) is 0 Å². The molecule has 100 valence electrons. The highest BCUT2D eigenvalue weighted by Crippen LogP contribution is 2.23. The number of rotatable bonds is 4. The van der Waals surface area contributed by atoms with Gasteiger partial charge in [0.1, 0.15) is 11.6 Å². The normalized spacial score (nSPS) is 12.2. The largest absolute Gasteiger partial charge is 0.394 e. The molecule has 0 amide bonds. The molecule has 2 aromatic carbocycles. The lowest BCUT2D eigenvalue weighted by molar-refractivity contribution is 0.276. The Balaban J connectivity index is 2.24. The van der Waals surface area contributed by atoms with Crippen LogP contribution in [0.5, 0.6) is 0 Å². The van der Waals surface area contributed by atoms with E-state index in [0.29, 0.717) is 5.56 Å². The smallest absolute Gasteiger partial charge is 0.126 e. The first kappa shape index (κ1) is 14.0. The fraction of sp³-hybridized carbons (Fsp3) is 0.143. The summed E-state index contributed by atoms with van der Waals surface area (Å²) in [5, 5.41) is 12.4. The lowest BCUT2D eigenvalue weighted by atomic mass is 10.1. The number of hydrogen-bond donors (Lipinski definition) is 2. The van der Waals surface area contributed by atoms with Crippen LogP contribution in [0.3, 0.4) is 0 Å². The van der Waals surface area contributed by atoms with Crippen LogP contribution in [0.25, 0.3) is 0 Å². The highest BCUT2D eigenvalue weighted by molar-refractivity contribution is 9.10. The second-order valence-corrected chi connectivity index (χ2v) is 5.01. The van der Waals surface area contributed by atoms with Gasteiger partial charge in [-0.3, -0.25) is 0 Å². The Labute approximate surface area is 118 Å². The number of hydrogen-bond acceptors (Lipinski definition) is 2. The molecule has 0 aromatic heterocycles. The second-order valence-electron chi connectivity index (χ2n) is 4.09. The average Bonchev–Trinajstić information content (AvgIpc) is 2.34. The third-order valence-corrected chi connectivity index (χ3v) is 3.13. The molecule has 2 rings (SSSR count). The molecular weight excluding hydrogens is 316 g/mol. The number of aliphatic hydroxyl groups is 1. The number of aliphatic hydroxyl groups excluding tert-OH is 1. The van der Waals surface area contributed by atoms with Crippen LogP contribution in [0, 0.1) is 11.6 Å². The van der Waals surface area contributed by atoms with Gasteiger partial charge < -0.3 is 10.4 Å². The summed E-state index contributed by atoms with van der Waals surface area (Å²) in [4.78, 5) is 0. The van der Waals surface area contributed by atoms with E-state index < -0.39 is 17.7 Å². The minimum absolute atomic E-state index is 0.268. The molecule has 0 aliphatic carbocycles. The number of nitrogens with one attached hydrogen (secondary N) is 1. The van der Waals surface area contributed by atoms with Crippen molar-refractivity contribution in [3.8, 4) is 0 Å². The number of benzene rings is 2. The molecule has 1 unspecified atom stereocenters. The van der Waals surface area contributed by atoms with Crippen molar-refractivity contribution >= 4 is 21.6 Å². The molecule has 2 N–H and O–H groups in total. The van der Waals surface area contributed by atoms with Crippen LogP contribution in [0.2, 0.25) is 0 Å². The Bertz CT molecular complexity index is 557. The highest BCUT2D eigenvalue weighted by Gasteiger charge is 2.12. The maximum Gasteiger partial charge on any atom is 0.126 e. The van der Waals surface area contributed by atoms with E-state index in [4.69, 9.17) is 0 Å². The van der Waals surface area contributed by atoms with Crippen molar-refractivity contribution in [1.82, 2.24) is 0 Å². The predicted molar refractivity (Wildman–Crippen MR) is 73.9 cm³/mol. The van der Waals surface area contributed by atoms with Gasteiger partial charge in [0.2, 0.25) is 0 Å². The lowest BCUT2D eigenvalue weighted by Crippen LogP contribution is -2.15. The van der Waals surface area contributed by atoms with Crippen LogP contribution in [-0.4, -0.2) is 11.7 Å². The van der Waals surface area contributed by atoms with E-state index in [0.717, 1.165) is 16.2 Å². The molecule has 2 nitrogen and oxygen atoms in total. The predicted octanol–water partition coefficient (Wildman–Crippen LogP) is 3.87. The highest BCUT2D eigenvalue weighted by atomic mass is 79.9. The summed E-state index contributed by atoms with van der Waals surface area (Å²) in [6.45, 7) is -0.268. The third kappa shape index (κ3) is 3.75. The summed E-state index contributed by atoms with van der Waals surface area (Å²) in [6, 6.07) is 9.95. The summed E-state index contributed by atoms with van der Waals surface area (Å²) in [5.41, 5.74) is 1.11. The first-order chi connectivity index (χ1) is 9.08. The Morgan fingerprint density at radius 3 is 2.37 bits per heavy atom. The van der Waals surface area contributed by atoms with Gasteiger partial charge in [-0.2, -0.15) is 0 Å². The van der Waals surface area contributed by atoms with Crippen molar-refractivity contribution in [3.63, 3.8) is 0 Å². The van der Waals surface area contributed by atoms with Crippen molar-refractivity contribution in [2.75, 3.05) is 11.9 Å². The van der Waals surface area contributed by atoms with Gasteiger partial charge in [-0.25, -0.2) is 8.78 Å². The van der Waals surface area contributed by atoms with Crippen molar-refractivity contribution in [1.29, 1.82) is 0 Å². The first-order valence-corrected chi connectivity index (χ1v) is 6.47. The maximum absolute atomic E-state index is 13.2. The van der Waals surface area contributed by atoms with E-state index in [-0.39, 0.29) is 6.61 Å². The average molecular weight is 328 g/mol. The van der Waals surface area contributed by atoms with Crippen molar-refractivity contribution < 1.29 is 13.9 Å².